The number of nitrogens with zero attached hydrogens (tertiary/aromatic N) is 4. The van der Waals surface area contributed by atoms with Crippen molar-refractivity contribution in [2.24, 2.45) is 0 Å². The summed E-state index contributed by atoms with van der Waals surface area (Å²) in [4.78, 5) is 30.3. The Hall–Kier alpha value is -3.35. The summed E-state index contributed by atoms with van der Waals surface area (Å²) in [6.45, 7) is 5.28. The second-order valence-corrected chi connectivity index (χ2v) is 7.75. The number of ether oxygens (including phenoxy) is 1. The lowest BCUT2D eigenvalue weighted by atomic mass is 10.1. The van der Waals surface area contributed by atoms with Crippen LogP contribution in [0.5, 0.6) is 5.75 Å². The number of anilines is 1. The minimum atomic E-state index is -0.134. The molecule has 2 heterocycles. The zero-order chi connectivity index (χ0) is 21.8. The molecular formula is C24H28N4O3. The Morgan fingerprint density at radius 1 is 1.00 bits per heavy atom. The highest BCUT2D eigenvalue weighted by molar-refractivity contribution is 6.04. The second kappa shape index (κ2) is 9.20. The number of methoxy groups -OCH3 is 1. The number of aryl methyl sites for hydroxylation is 1. The lowest BCUT2D eigenvalue weighted by molar-refractivity contribution is 0.0740. The molecule has 7 heteroatoms. The summed E-state index contributed by atoms with van der Waals surface area (Å²) in [5.74, 6) is 0.713. The van der Waals surface area contributed by atoms with E-state index in [9.17, 15) is 9.59 Å². The van der Waals surface area contributed by atoms with E-state index in [1.54, 1.807) is 13.2 Å². The highest BCUT2D eigenvalue weighted by atomic mass is 16.5. The van der Waals surface area contributed by atoms with Crippen LogP contribution in [0.2, 0.25) is 0 Å². The van der Waals surface area contributed by atoms with Crippen LogP contribution in [0.3, 0.4) is 0 Å². The Bertz CT molecular complexity index is 1120. The highest BCUT2D eigenvalue weighted by Crippen LogP contribution is 2.22. The van der Waals surface area contributed by atoms with Crippen molar-refractivity contribution in [2.75, 3.05) is 38.2 Å². The fourth-order valence-electron chi connectivity index (χ4n) is 3.96. The van der Waals surface area contributed by atoms with Crippen molar-refractivity contribution in [2.45, 2.75) is 26.3 Å². The van der Waals surface area contributed by atoms with Crippen LogP contribution >= 0.6 is 0 Å². The van der Waals surface area contributed by atoms with Gasteiger partial charge in [0, 0.05) is 43.8 Å². The molecule has 2 aromatic carbocycles. The van der Waals surface area contributed by atoms with Crippen molar-refractivity contribution in [3.63, 3.8) is 0 Å². The van der Waals surface area contributed by atoms with Gasteiger partial charge in [0.25, 0.3) is 11.5 Å². The van der Waals surface area contributed by atoms with Crippen molar-refractivity contribution in [1.29, 1.82) is 0 Å². The van der Waals surface area contributed by atoms with Crippen LogP contribution < -0.4 is 15.2 Å². The Kier molecular flexibility index (Phi) is 6.21. The van der Waals surface area contributed by atoms with Crippen molar-refractivity contribution in [3.05, 3.63) is 64.6 Å². The zero-order valence-corrected chi connectivity index (χ0v) is 18.1. The molecule has 0 bridgehead atoms. The van der Waals surface area contributed by atoms with E-state index in [2.05, 4.69) is 16.9 Å². The summed E-state index contributed by atoms with van der Waals surface area (Å²) in [6.07, 6.45) is 1.80. The van der Waals surface area contributed by atoms with Gasteiger partial charge in [-0.25, -0.2) is 4.68 Å². The van der Waals surface area contributed by atoms with Crippen molar-refractivity contribution < 1.29 is 9.53 Å². The topological polar surface area (TPSA) is 67.7 Å². The molecule has 1 aromatic heterocycles. The Morgan fingerprint density at radius 3 is 2.32 bits per heavy atom. The summed E-state index contributed by atoms with van der Waals surface area (Å²) in [5, 5.41) is 5.67. The molecule has 0 aliphatic carbocycles. The van der Waals surface area contributed by atoms with Crippen LogP contribution in [-0.4, -0.2) is 53.9 Å². The van der Waals surface area contributed by atoms with E-state index in [1.807, 2.05) is 47.4 Å². The van der Waals surface area contributed by atoms with E-state index in [-0.39, 0.29) is 11.5 Å². The molecule has 0 N–H and O–H groups in total. The average molecular weight is 421 g/mol. The molecular weight excluding hydrogens is 392 g/mol. The fourth-order valence-corrected chi connectivity index (χ4v) is 3.96. The third kappa shape index (κ3) is 4.26. The van der Waals surface area contributed by atoms with Crippen LogP contribution in [0.15, 0.2) is 53.3 Å². The highest BCUT2D eigenvalue weighted by Gasteiger charge is 2.26. The van der Waals surface area contributed by atoms with Crippen LogP contribution in [0.4, 0.5) is 5.69 Å². The lowest BCUT2D eigenvalue weighted by Crippen LogP contribution is -2.49. The number of rotatable bonds is 6. The number of unbranched alkanes of at least 4 members (excludes halogenated alkanes) is 1. The molecule has 0 saturated carbocycles. The van der Waals surface area contributed by atoms with Gasteiger partial charge in [-0.1, -0.05) is 31.5 Å². The van der Waals surface area contributed by atoms with Gasteiger partial charge in [0.2, 0.25) is 0 Å². The Labute approximate surface area is 181 Å². The number of hydrogen-bond acceptors (Lipinski definition) is 5. The van der Waals surface area contributed by atoms with E-state index < -0.39 is 0 Å². The summed E-state index contributed by atoms with van der Waals surface area (Å²) >= 11 is 0. The molecule has 1 aliphatic rings. The van der Waals surface area contributed by atoms with Crippen LogP contribution in [-0.2, 0) is 6.54 Å². The quantitative estimate of drug-likeness (QED) is 0.613. The van der Waals surface area contributed by atoms with E-state index in [1.165, 1.54) is 4.68 Å². The van der Waals surface area contributed by atoms with E-state index in [0.29, 0.717) is 36.1 Å². The van der Waals surface area contributed by atoms with E-state index in [4.69, 9.17) is 4.74 Å². The first kappa shape index (κ1) is 20.9. The van der Waals surface area contributed by atoms with Crippen LogP contribution in [0.25, 0.3) is 10.8 Å². The number of carbonyl (C=O) groups excluding carboxylic acids is 1. The fraction of sp³-hybridized carbons (Fsp3) is 0.375. The molecule has 1 saturated heterocycles. The van der Waals surface area contributed by atoms with E-state index in [0.717, 1.165) is 37.4 Å². The average Bonchev–Trinajstić information content (AvgIpc) is 2.83. The molecule has 162 valence electrons. The van der Waals surface area contributed by atoms with Gasteiger partial charge in [-0.3, -0.25) is 9.59 Å². The molecule has 31 heavy (non-hydrogen) atoms. The van der Waals surface area contributed by atoms with Crippen molar-refractivity contribution in [3.8, 4) is 5.75 Å². The number of amides is 1. The first-order valence-electron chi connectivity index (χ1n) is 10.8. The molecule has 3 aromatic rings. The van der Waals surface area contributed by atoms with Crippen LogP contribution in [0.1, 0.15) is 30.3 Å². The van der Waals surface area contributed by atoms with Crippen molar-refractivity contribution >= 4 is 22.4 Å². The minimum Gasteiger partial charge on any atom is -0.497 e. The largest absolute Gasteiger partial charge is 0.497 e. The number of benzene rings is 2. The van der Waals surface area contributed by atoms with Crippen LogP contribution in [0, 0.1) is 0 Å². The number of carbonyl (C=O) groups is 1. The maximum atomic E-state index is 13.4. The third-order valence-corrected chi connectivity index (χ3v) is 5.80. The van der Waals surface area contributed by atoms with Gasteiger partial charge in [0.15, 0.2) is 5.69 Å². The second-order valence-electron chi connectivity index (χ2n) is 7.75. The molecule has 1 aliphatic heterocycles. The molecule has 0 radical (unpaired) electrons. The van der Waals surface area contributed by atoms with Gasteiger partial charge in [-0.15, -0.1) is 0 Å². The summed E-state index contributed by atoms with van der Waals surface area (Å²) in [5.41, 5.74) is 1.35. The first-order valence-corrected chi connectivity index (χ1v) is 10.8. The molecule has 4 rings (SSSR count). The molecule has 7 nitrogen and oxygen atoms in total. The van der Waals surface area contributed by atoms with Crippen molar-refractivity contribution in [1.82, 2.24) is 14.7 Å². The predicted molar refractivity (Wildman–Crippen MR) is 122 cm³/mol. The maximum absolute atomic E-state index is 13.4. The number of piperazine rings is 1. The number of aromatic nitrogens is 2. The van der Waals surface area contributed by atoms with Gasteiger partial charge < -0.3 is 14.5 Å². The maximum Gasteiger partial charge on any atom is 0.275 e. The van der Waals surface area contributed by atoms with E-state index >= 15 is 0 Å². The van der Waals surface area contributed by atoms with Gasteiger partial charge in [0.05, 0.1) is 12.5 Å². The lowest BCUT2D eigenvalue weighted by Gasteiger charge is -2.36. The van der Waals surface area contributed by atoms with Gasteiger partial charge >= 0.3 is 0 Å². The zero-order valence-electron chi connectivity index (χ0n) is 18.1. The smallest absolute Gasteiger partial charge is 0.275 e. The normalized spacial score (nSPS) is 14.1. The molecule has 0 unspecified atom stereocenters. The standard InChI is InChI=1S/C24H28N4O3/c1-3-4-13-28-23(29)21-8-6-5-7-20(21)22(25-28)24(30)27-16-14-26(15-17-27)18-9-11-19(31-2)12-10-18/h5-12H,3-4,13-17H2,1-2H3. The Morgan fingerprint density at radius 2 is 1.68 bits per heavy atom. The summed E-state index contributed by atoms with van der Waals surface area (Å²) in [6, 6.07) is 15.2. The first-order chi connectivity index (χ1) is 15.1. The summed E-state index contributed by atoms with van der Waals surface area (Å²) < 4.78 is 6.68. The number of fused-ring (bicyclic) bond motifs is 1. The molecule has 1 amide bonds. The minimum absolute atomic E-state index is 0.115. The SMILES string of the molecule is CCCCn1nc(C(=O)N2CCN(c3ccc(OC)cc3)CC2)c2ccccc2c1=O. The summed E-state index contributed by atoms with van der Waals surface area (Å²) in [7, 11) is 1.66. The number of hydrogen-bond donors (Lipinski definition) is 0. The molecule has 1 fully saturated rings. The third-order valence-electron chi connectivity index (χ3n) is 5.80. The van der Waals surface area contributed by atoms with Gasteiger partial charge in [-0.2, -0.15) is 5.10 Å². The molecule has 0 atom stereocenters. The predicted octanol–water partition coefficient (Wildman–Crippen LogP) is 3.17. The monoisotopic (exact) mass is 420 g/mol. The molecule has 0 spiro atoms. The Balaban J connectivity index is 1.55. The van der Waals surface area contributed by atoms with Gasteiger partial charge in [0.1, 0.15) is 5.75 Å². The van der Waals surface area contributed by atoms with Gasteiger partial charge in [-0.05, 0) is 36.8 Å².